The van der Waals surface area contributed by atoms with Gasteiger partial charge in [-0.15, -0.1) is 0 Å². The predicted octanol–water partition coefficient (Wildman–Crippen LogP) is 8.86. The molecular weight excluding hydrogens is 450 g/mol. The molecule has 0 aliphatic rings. The van der Waals surface area contributed by atoms with Gasteiger partial charge in [0.15, 0.2) is 0 Å². The Balaban J connectivity index is 1.67. The Morgan fingerprint density at radius 3 is 1.57 bits per heavy atom. The number of pyridine rings is 1. The first kappa shape index (κ1) is 24.5. The largest absolute Gasteiger partial charge is 0.321 e. The summed E-state index contributed by atoms with van der Waals surface area (Å²) >= 11 is 0. The zero-order valence-corrected chi connectivity index (χ0v) is 21.5. The molecule has 0 radical (unpaired) electrons. The molecule has 0 spiro atoms. The molecule has 37 heavy (non-hydrogen) atoms. The van der Waals surface area contributed by atoms with Crippen LogP contribution in [0.1, 0.15) is 32.3 Å². The van der Waals surface area contributed by atoms with E-state index in [0.29, 0.717) is 0 Å². The topological polar surface area (TPSA) is 42.1 Å². The summed E-state index contributed by atoms with van der Waals surface area (Å²) in [6, 6.07) is 40.6. The van der Waals surface area contributed by atoms with Crippen molar-refractivity contribution in [2.24, 2.45) is 5.73 Å². The summed E-state index contributed by atoms with van der Waals surface area (Å²) < 4.78 is 0. The lowest BCUT2D eigenvalue weighted by Gasteiger charge is -2.35. The summed E-state index contributed by atoms with van der Waals surface area (Å²) in [7, 11) is 0. The molecule has 0 atom stereocenters. The first-order chi connectivity index (χ1) is 18.1. The van der Waals surface area contributed by atoms with E-state index in [2.05, 4.69) is 127 Å². The number of hydrogen-bond acceptors (Lipinski definition) is 3. The summed E-state index contributed by atoms with van der Waals surface area (Å²) in [6.45, 7) is 4.35. The van der Waals surface area contributed by atoms with Crippen LogP contribution in [0, 0.1) is 0 Å². The lowest BCUT2D eigenvalue weighted by Crippen LogP contribution is -2.36. The highest BCUT2D eigenvalue weighted by Crippen LogP contribution is 2.43. The van der Waals surface area contributed by atoms with Crippen molar-refractivity contribution in [2.75, 3.05) is 4.90 Å². The number of benzene rings is 4. The van der Waals surface area contributed by atoms with E-state index in [1.165, 1.54) is 11.1 Å². The number of nitrogens with two attached hydrogens (primary N) is 1. The Kier molecular flexibility index (Phi) is 7.16. The van der Waals surface area contributed by atoms with E-state index in [9.17, 15) is 0 Å². The predicted molar refractivity (Wildman–Crippen MR) is 156 cm³/mol. The quantitative estimate of drug-likeness (QED) is 0.240. The molecule has 0 saturated carbocycles. The van der Waals surface area contributed by atoms with E-state index in [-0.39, 0.29) is 0 Å². The Hall–Kier alpha value is -4.21. The average Bonchev–Trinajstić information content (AvgIpc) is 2.98. The van der Waals surface area contributed by atoms with E-state index >= 15 is 0 Å². The number of rotatable bonds is 8. The molecule has 0 fully saturated rings. The minimum atomic E-state index is -0.430. The normalized spacial score (nSPS) is 11.3. The van der Waals surface area contributed by atoms with Gasteiger partial charge in [0.25, 0.3) is 0 Å². The first-order valence-corrected chi connectivity index (χ1v) is 13.0. The lowest BCUT2D eigenvalue weighted by atomic mass is 9.83. The summed E-state index contributed by atoms with van der Waals surface area (Å²) in [5.41, 5.74) is 15.8. The van der Waals surface area contributed by atoms with Crippen molar-refractivity contribution in [3.63, 3.8) is 0 Å². The van der Waals surface area contributed by atoms with Crippen molar-refractivity contribution >= 4 is 17.1 Å². The molecule has 0 amide bonds. The molecule has 2 N–H and O–H groups in total. The molecule has 4 aromatic carbocycles. The SMILES string of the molecule is CCC(N)(CC)c1ccc(-c2ccc(-c3ccncc3)cc2)cc1N(c1ccccc1)c1ccccc1. The van der Waals surface area contributed by atoms with Crippen molar-refractivity contribution in [1.82, 2.24) is 4.98 Å². The average molecular weight is 484 g/mol. The minimum Gasteiger partial charge on any atom is -0.321 e. The second-order valence-corrected chi connectivity index (χ2v) is 9.41. The lowest BCUT2D eigenvalue weighted by molar-refractivity contribution is 0.413. The van der Waals surface area contributed by atoms with Gasteiger partial charge in [-0.2, -0.15) is 0 Å². The number of aromatic nitrogens is 1. The Bertz CT molecular complexity index is 1390. The Labute approximate surface area is 220 Å². The molecule has 3 nitrogen and oxygen atoms in total. The zero-order chi connectivity index (χ0) is 25.7. The highest BCUT2D eigenvalue weighted by Gasteiger charge is 2.29. The third kappa shape index (κ3) is 5.04. The minimum absolute atomic E-state index is 0.430. The number of hydrogen-bond donors (Lipinski definition) is 1. The molecule has 3 heteroatoms. The summed E-state index contributed by atoms with van der Waals surface area (Å²) in [6.07, 6.45) is 5.37. The second kappa shape index (κ2) is 10.8. The van der Waals surface area contributed by atoms with Crippen LogP contribution in [0.25, 0.3) is 22.3 Å². The molecular formula is C34H33N3. The Morgan fingerprint density at radius 1 is 0.595 bits per heavy atom. The van der Waals surface area contributed by atoms with Crippen LogP contribution in [-0.2, 0) is 5.54 Å². The van der Waals surface area contributed by atoms with Crippen LogP contribution in [0.3, 0.4) is 0 Å². The van der Waals surface area contributed by atoms with Gasteiger partial charge in [0.2, 0.25) is 0 Å². The van der Waals surface area contributed by atoms with Crippen molar-refractivity contribution in [1.29, 1.82) is 0 Å². The van der Waals surface area contributed by atoms with E-state index < -0.39 is 5.54 Å². The second-order valence-electron chi connectivity index (χ2n) is 9.41. The van der Waals surface area contributed by atoms with Crippen LogP contribution in [0.5, 0.6) is 0 Å². The van der Waals surface area contributed by atoms with Crippen molar-refractivity contribution in [2.45, 2.75) is 32.2 Å². The van der Waals surface area contributed by atoms with Gasteiger partial charge in [0.05, 0.1) is 5.69 Å². The van der Waals surface area contributed by atoms with Gasteiger partial charge >= 0.3 is 0 Å². The maximum Gasteiger partial charge on any atom is 0.0518 e. The number of para-hydroxylation sites is 2. The molecule has 0 aliphatic heterocycles. The van der Waals surface area contributed by atoms with Crippen LogP contribution in [0.15, 0.2) is 128 Å². The molecule has 0 bridgehead atoms. The summed E-state index contributed by atoms with van der Waals surface area (Å²) in [4.78, 5) is 6.47. The molecule has 1 heterocycles. The molecule has 0 saturated heterocycles. The summed E-state index contributed by atoms with van der Waals surface area (Å²) in [5, 5.41) is 0. The van der Waals surface area contributed by atoms with Gasteiger partial charge in [0, 0.05) is 29.3 Å². The van der Waals surface area contributed by atoms with Crippen LogP contribution in [-0.4, -0.2) is 4.98 Å². The van der Waals surface area contributed by atoms with E-state index in [4.69, 9.17) is 5.73 Å². The fourth-order valence-electron chi connectivity index (χ4n) is 4.93. The van der Waals surface area contributed by atoms with Crippen LogP contribution in [0.4, 0.5) is 17.1 Å². The zero-order valence-electron chi connectivity index (χ0n) is 21.5. The molecule has 1 aromatic heterocycles. The molecule has 5 aromatic rings. The van der Waals surface area contributed by atoms with Crippen molar-refractivity contribution in [3.8, 4) is 22.3 Å². The smallest absolute Gasteiger partial charge is 0.0518 e. The fraction of sp³-hybridized carbons (Fsp3) is 0.147. The van der Waals surface area contributed by atoms with Crippen LogP contribution < -0.4 is 10.6 Å². The highest BCUT2D eigenvalue weighted by molar-refractivity contribution is 5.83. The third-order valence-electron chi connectivity index (χ3n) is 7.30. The maximum absolute atomic E-state index is 7.05. The van der Waals surface area contributed by atoms with E-state index in [1.54, 1.807) is 0 Å². The van der Waals surface area contributed by atoms with Crippen LogP contribution in [0.2, 0.25) is 0 Å². The standard InChI is InChI=1S/C34H33N3/c1-3-34(35,4-2)32-20-19-29(27-17-15-26(16-18-27)28-21-23-36-24-22-28)25-33(32)37(30-11-7-5-8-12-30)31-13-9-6-10-14-31/h5-25H,3-4,35H2,1-2H3. The van der Waals surface area contributed by atoms with Crippen molar-refractivity contribution in [3.05, 3.63) is 133 Å². The monoisotopic (exact) mass is 483 g/mol. The Morgan fingerprint density at radius 2 is 1.05 bits per heavy atom. The van der Waals surface area contributed by atoms with E-state index in [0.717, 1.165) is 46.6 Å². The molecule has 184 valence electrons. The van der Waals surface area contributed by atoms with Crippen LogP contribution >= 0.6 is 0 Å². The summed E-state index contributed by atoms with van der Waals surface area (Å²) in [5.74, 6) is 0. The molecule has 5 rings (SSSR count). The van der Waals surface area contributed by atoms with Gasteiger partial charge in [-0.25, -0.2) is 0 Å². The first-order valence-electron chi connectivity index (χ1n) is 13.0. The third-order valence-corrected chi connectivity index (χ3v) is 7.30. The maximum atomic E-state index is 7.05. The van der Waals surface area contributed by atoms with Gasteiger partial charge in [0.1, 0.15) is 0 Å². The van der Waals surface area contributed by atoms with Gasteiger partial charge in [-0.3, -0.25) is 4.98 Å². The van der Waals surface area contributed by atoms with Gasteiger partial charge in [-0.1, -0.05) is 86.6 Å². The highest BCUT2D eigenvalue weighted by atomic mass is 15.1. The number of nitrogens with zero attached hydrogens (tertiary/aromatic N) is 2. The van der Waals surface area contributed by atoms with Gasteiger partial charge < -0.3 is 10.6 Å². The van der Waals surface area contributed by atoms with E-state index in [1.807, 2.05) is 24.5 Å². The molecule has 0 unspecified atom stereocenters. The van der Waals surface area contributed by atoms with Gasteiger partial charge in [-0.05, 0) is 83.1 Å². The fourth-order valence-corrected chi connectivity index (χ4v) is 4.93. The number of anilines is 3. The molecule has 0 aliphatic carbocycles. The van der Waals surface area contributed by atoms with Crippen molar-refractivity contribution < 1.29 is 0 Å².